The Labute approximate surface area is 447 Å². The van der Waals surface area contributed by atoms with E-state index in [2.05, 4.69) is 81.5 Å². The summed E-state index contributed by atoms with van der Waals surface area (Å²) in [7, 11) is 0. The van der Waals surface area contributed by atoms with Crippen LogP contribution in [0.5, 0.6) is 0 Å². The van der Waals surface area contributed by atoms with Gasteiger partial charge in [-0.15, -0.1) is 0 Å². The summed E-state index contributed by atoms with van der Waals surface area (Å²) in [6.07, 6.45) is 76.6. The predicted molar refractivity (Wildman–Crippen MR) is 312 cm³/mol. The van der Waals surface area contributed by atoms with Crippen molar-refractivity contribution in [2.24, 2.45) is 0 Å². The molecule has 0 aromatic heterocycles. The van der Waals surface area contributed by atoms with E-state index in [4.69, 9.17) is 14.2 Å². The van der Waals surface area contributed by atoms with Crippen molar-refractivity contribution in [1.29, 1.82) is 0 Å². The molecule has 0 spiro atoms. The molecule has 418 valence electrons. The third kappa shape index (κ3) is 58.0. The standard InChI is InChI=1S/C66H118O6/c1-4-7-10-13-16-19-22-25-28-31-32-33-34-36-38-41-44-47-50-53-56-59-65(68)71-62-63(61-70-64(67)58-55-52-49-46-43-40-37-30-27-24-21-18-15-12-9-6-3)72-66(69)60-57-54-51-48-45-42-39-35-29-26-23-20-17-14-11-8-5-2/h8,11,17,20,26,29,39,42,48,51,63H,4-7,9-10,12-16,18-19,21-25,27-28,30-38,40-41,43-47,49-50,52-62H2,1-3H3/b11-8-,20-17-,29-26-,42-39-,51-48-. The van der Waals surface area contributed by atoms with Gasteiger partial charge >= 0.3 is 17.9 Å². The molecule has 0 heterocycles. The van der Waals surface area contributed by atoms with Gasteiger partial charge in [-0.05, 0) is 57.8 Å². The fraction of sp³-hybridized carbons (Fsp3) is 0.803. The Balaban J connectivity index is 4.38. The fourth-order valence-electron chi connectivity index (χ4n) is 9.13. The van der Waals surface area contributed by atoms with Crippen molar-refractivity contribution in [3.05, 3.63) is 60.8 Å². The number of allylic oxidation sites excluding steroid dienone is 10. The molecule has 1 atom stereocenters. The van der Waals surface area contributed by atoms with Crippen molar-refractivity contribution >= 4 is 17.9 Å². The molecule has 0 N–H and O–H groups in total. The minimum absolute atomic E-state index is 0.0923. The lowest BCUT2D eigenvalue weighted by Crippen LogP contribution is -2.30. The van der Waals surface area contributed by atoms with Crippen molar-refractivity contribution in [3.8, 4) is 0 Å². The molecule has 72 heavy (non-hydrogen) atoms. The highest BCUT2D eigenvalue weighted by molar-refractivity contribution is 5.71. The van der Waals surface area contributed by atoms with E-state index in [1.165, 1.54) is 199 Å². The number of carbonyl (C=O) groups excluding carboxylic acids is 3. The maximum Gasteiger partial charge on any atom is 0.306 e. The number of carbonyl (C=O) groups is 3. The van der Waals surface area contributed by atoms with Crippen molar-refractivity contribution in [2.45, 2.75) is 329 Å². The zero-order valence-electron chi connectivity index (χ0n) is 47.9. The SMILES string of the molecule is CC/C=C\C/C=C\C/C=C\C/C=C\C/C=C\CCCC(=O)OC(COC(=O)CCCCCCCCCCCCCCCCCC)COC(=O)CCCCCCCCCCCCCCCCCCCCCCC. The van der Waals surface area contributed by atoms with Gasteiger partial charge in [-0.1, -0.05) is 306 Å². The van der Waals surface area contributed by atoms with Gasteiger partial charge in [0.05, 0.1) is 0 Å². The van der Waals surface area contributed by atoms with Crippen molar-refractivity contribution in [2.75, 3.05) is 13.2 Å². The Bertz CT molecular complexity index is 1290. The van der Waals surface area contributed by atoms with E-state index in [0.717, 1.165) is 77.0 Å². The first-order valence-corrected chi connectivity index (χ1v) is 31.3. The average molecular weight is 1010 g/mol. The molecule has 0 bridgehead atoms. The summed E-state index contributed by atoms with van der Waals surface area (Å²) in [6.45, 7) is 6.53. The number of hydrogen-bond acceptors (Lipinski definition) is 6. The topological polar surface area (TPSA) is 78.9 Å². The van der Waals surface area contributed by atoms with E-state index in [1.807, 2.05) is 0 Å². The molecule has 1 unspecified atom stereocenters. The highest BCUT2D eigenvalue weighted by atomic mass is 16.6. The number of hydrogen-bond donors (Lipinski definition) is 0. The van der Waals surface area contributed by atoms with Crippen LogP contribution in [0.4, 0.5) is 0 Å². The molecule has 0 aliphatic carbocycles. The van der Waals surface area contributed by atoms with Crippen LogP contribution in [0.2, 0.25) is 0 Å². The average Bonchev–Trinajstić information content (AvgIpc) is 3.38. The van der Waals surface area contributed by atoms with Crippen LogP contribution in [0.15, 0.2) is 60.8 Å². The molecule has 0 radical (unpaired) electrons. The summed E-state index contributed by atoms with van der Waals surface area (Å²) in [5.74, 6) is -0.931. The molecule has 0 aromatic rings. The minimum atomic E-state index is -0.801. The number of ether oxygens (including phenoxy) is 3. The van der Waals surface area contributed by atoms with Gasteiger partial charge < -0.3 is 14.2 Å². The van der Waals surface area contributed by atoms with Crippen LogP contribution in [0.3, 0.4) is 0 Å². The summed E-state index contributed by atoms with van der Waals surface area (Å²) in [5, 5.41) is 0. The van der Waals surface area contributed by atoms with Gasteiger partial charge in [-0.2, -0.15) is 0 Å². The highest BCUT2D eigenvalue weighted by Gasteiger charge is 2.19. The molecule has 0 saturated carbocycles. The first kappa shape index (κ1) is 69.1. The quantitative estimate of drug-likeness (QED) is 0.0261. The summed E-state index contributed by atoms with van der Waals surface area (Å²) in [4.78, 5) is 38.3. The smallest absolute Gasteiger partial charge is 0.306 e. The monoisotopic (exact) mass is 1010 g/mol. The molecular weight excluding hydrogens is 889 g/mol. The van der Waals surface area contributed by atoms with Crippen LogP contribution in [-0.4, -0.2) is 37.2 Å². The Morgan fingerprint density at radius 1 is 0.292 bits per heavy atom. The second kappa shape index (κ2) is 60.7. The van der Waals surface area contributed by atoms with E-state index in [1.54, 1.807) is 0 Å². The van der Waals surface area contributed by atoms with Crippen LogP contribution in [0.1, 0.15) is 323 Å². The van der Waals surface area contributed by atoms with Gasteiger partial charge in [0.15, 0.2) is 6.10 Å². The molecule has 6 nitrogen and oxygen atoms in total. The summed E-state index contributed by atoms with van der Waals surface area (Å²) in [5.41, 5.74) is 0. The van der Waals surface area contributed by atoms with Gasteiger partial charge in [0, 0.05) is 19.3 Å². The molecule has 0 saturated heterocycles. The summed E-state index contributed by atoms with van der Waals surface area (Å²) in [6, 6.07) is 0. The normalized spacial score (nSPS) is 12.4. The second-order valence-electron chi connectivity index (χ2n) is 21.0. The minimum Gasteiger partial charge on any atom is -0.462 e. The molecule has 0 aliphatic heterocycles. The molecule has 0 aliphatic rings. The van der Waals surface area contributed by atoms with Gasteiger partial charge in [-0.3, -0.25) is 14.4 Å². The Hall–Kier alpha value is -2.89. The molecular formula is C66H118O6. The van der Waals surface area contributed by atoms with Gasteiger partial charge in [0.25, 0.3) is 0 Å². The molecule has 0 aromatic carbocycles. The van der Waals surface area contributed by atoms with Crippen molar-refractivity contribution < 1.29 is 28.6 Å². The lowest BCUT2D eigenvalue weighted by Gasteiger charge is -2.18. The molecule has 0 fully saturated rings. The van der Waals surface area contributed by atoms with Crippen LogP contribution >= 0.6 is 0 Å². The maximum absolute atomic E-state index is 12.9. The van der Waals surface area contributed by atoms with Gasteiger partial charge in [-0.25, -0.2) is 0 Å². The van der Waals surface area contributed by atoms with E-state index in [0.29, 0.717) is 19.3 Å². The van der Waals surface area contributed by atoms with Gasteiger partial charge in [0.1, 0.15) is 13.2 Å². The first-order valence-electron chi connectivity index (χ1n) is 31.3. The fourth-order valence-corrected chi connectivity index (χ4v) is 9.13. The van der Waals surface area contributed by atoms with E-state index in [9.17, 15) is 14.4 Å². The lowest BCUT2D eigenvalue weighted by atomic mass is 10.0. The zero-order chi connectivity index (χ0) is 52.2. The zero-order valence-corrected chi connectivity index (χ0v) is 47.9. The van der Waals surface area contributed by atoms with E-state index < -0.39 is 6.10 Å². The highest BCUT2D eigenvalue weighted by Crippen LogP contribution is 2.17. The third-order valence-electron chi connectivity index (χ3n) is 13.8. The predicted octanol–water partition coefficient (Wildman–Crippen LogP) is 21.2. The maximum atomic E-state index is 12.9. The number of esters is 3. The van der Waals surface area contributed by atoms with Crippen molar-refractivity contribution in [3.63, 3.8) is 0 Å². The first-order chi connectivity index (χ1) is 35.5. The molecule has 0 amide bonds. The summed E-state index contributed by atoms with van der Waals surface area (Å²) < 4.78 is 16.9. The van der Waals surface area contributed by atoms with E-state index in [-0.39, 0.29) is 37.5 Å². The Morgan fingerprint density at radius 2 is 0.542 bits per heavy atom. The summed E-state index contributed by atoms with van der Waals surface area (Å²) >= 11 is 0. The number of unbranched alkanes of at least 4 members (excludes halogenated alkanes) is 36. The molecule has 6 heteroatoms. The van der Waals surface area contributed by atoms with E-state index >= 15 is 0 Å². The second-order valence-corrected chi connectivity index (χ2v) is 21.0. The lowest BCUT2D eigenvalue weighted by molar-refractivity contribution is -0.167. The largest absolute Gasteiger partial charge is 0.462 e. The van der Waals surface area contributed by atoms with Crippen LogP contribution in [-0.2, 0) is 28.6 Å². The third-order valence-corrected chi connectivity index (χ3v) is 13.8. The van der Waals surface area contributed by atoms with Crippen molar-refractivity contribution in [1.82, 2.24) is 0 Å². The van der Waals surface area contributed by atoms with Crippen LogP contribution < -0.4 is 0 Å². The number of rotatable bonds is 57. The molecule has 0 rings (SSSR count). The Morgan fingerprint density at radius 3 is 0.833 bits per heavy atom. The van der Waals surface area contributed by atoms with Crippen LogP contribution in [0, 0.1) is 0 Å². The Kier molecular flexibility index (Phi) is 58.2. The van der Waals surface area contributed by atoms with Gasteiger partial charge in [0.2, 0.25) is 0 Å². The van der Waals surface area contributed by atoms with Crippen LogP contribution in [0.25, 0.3) is 0 Å².